The minimum absolute atomic E-state index is 0.159. The summed E-state index contributed by atoms with van der Waals surface area (Å²) in [6, 6.07) is 0. The van der Waals surface area contributed by atoms with E-state index in [1.165, 1.54) is 0 Å². The first-order chi connectivity index (χ1) is 5.61. The molecule has 0 aliphatic heterocycles. The molecule has 0 aromatic rings. The van der Waals surface area contributed by atoms with Crippen LogP contribution in [0.25, 0.3) is 0 Å². The summed E-state index contributed by atoms with van der Waals surface area (Å²) in [5, 5.41) is -0.671. The molecule has 0 radical (unpaired) electrons. The molecule has 0 spiro atoms. The molecule has 0 bridgehead atoms. The normalized spacial score (nSPS) is 29.8. The molecule has 1 aliphatic carbocycles. The van der Waals surface area contributed by atoms with Gasteiger partial charge in [-0.1, -0.05) is 6.42 Å². The monoisotopic (exact) mass is 208 g/mol. The minimum atomic E-state index is -0.336. The fraction of sp³-hybridized carbons (Fsp3) is 0.750. The van der Waals surface area contributed by atoms with E-state index in [1.807, 2.05) is 0 Å². The Morgan fingerprint density at radius 3 is 1.75 bits per heavy atom. The lowest BCUT2D eigenvalue weighted by Crippen LogP contribution is -2.23. The molecule has 0 saturated heterocycles. The topological polar surface area (TPSA) is 34.1 Å². The summed E-state index contributed by atoms with van der Waals surface area (Å²) < 4.78 is 0. The first kappa shape index (κ1) is 10.0. The Kier molecular flexibility index (Phi) is 3.53. The van der Waals surface area contributed by atoms with Gasteiger partial charge in [0, 0.05) is 11.8 Å². The zero-order valence-corrected chi connectivity index (χ0v) is 8.07. The zero-order valence-electron chi connectivity index (χ0n) is 6.56. The quantitative estimate of drug-likeness (QED) is 0.654. The van der Waals surface area contributed by atoms with E-state index in [9.17, 15) is 9.59 Å². The summed E-state index contributed by atoms with van der Waals surface area (Å²) in [4.78, 5) is 21.6. The summed E-state index contributed by atoms with van der Waals surface area (Å²) >= 11 is 10.7. The van der Waals surface area contributed by atoms with Gasteiger partial charge in [-0.25, -0.2) is 0 Å². The van der Waals surface area contributed by atoms with Crippen LogP contribution in [0.3, 0.4) is 0 Å². The molecule has 0 heterocycles. The summed E-state index contributed by atoms with van der Waals surface area (Å²) in [6.07, 6.45) is 2.99. The van der Waals surface area contributed by atoms with Crippen molar-refractivity contribution in [2.24, 2.45) is 11.8 Å². The van der Waals surface area contributed by atoms with Crippen LogP contribution in [0.5, 0.6) is 0 Å². The van der Waals surface area contributed by atoms with Gasteiger partial charge in [0.05, 0.1) is 0 Å². The Bertz CT molecular complexity index is 183. The highest BCUT2D eigenvalue weighted by Gasteiger charge is 2.29. The summed E-state index contributed by atoms with van der Waals surface area (Å²) in [5.74, 6) is -0.318. The number of carbonyl (C=O) groups is 2. The van der Waals surface area contributed by atoms with Crippen LogP contribution < -0.4 is 0 Å². The molecule has 1 saturated carbocycles. The van der Waals surface area contributed by atoms with E-state index in [-0.39, 0.29) is 22.3 Å². The molecule has 0 N–H and O–H groups in total. The van der Waals surface area contributed by atoms with E-state index in [0.29, 0.717) is 6.42 Å². The minimum Gasteiger partial charge on any atom is -0.281 e. The maximum Gasteiger partial charge on any atom is 0.224 e. The summed E-state index contributed by atoms with van der Waals surface area (Å²) in [7, 11) is 0. The van der Waals surface area contributed by atoms with E-state index in [2.05, 4.69) is 0 Å². The number of carbonyl (C=O) groups excluding carboxylic acids is 2. The third kappa shape index (κ3) is 2.46. The molecule has 1 aliphatic rings. The van der Waals surface area contributed by atoms with Crippen molar-refractivity contribution in [3.8, 4) is 0 Å². The molecule has 4 heteroatoms. The molecule has 0 amide bonds. The average molecular weight is 209 g/mol. The standard InChI is InChI=1S/C8H10Cl2O2/c9-7(11)5-2-1-3-6(4-5)8(10)12/h5-6H,1-4H2/t5-,6+. The summed E-state index contributed by atoms with van der Waals surface area (Å²) in [5.41, 5.74) is 0. The third-order valence-corrected chi connectivity index (χ3v) is 2.93. The van der Waals surface area contributed by atoms with Crippen LogP contribution in [0.1, 0.15) is 25.7 Å². The lowest BCUT2D eigenvalue weighted by molar-refractivity contribution is -0.119. The van der Waals surface area contributed by atoms with Gasteiger partial charge in [0.25, 0.3) is 0 Å². The van der Waals surface area contributed by atoms with E-state index >= 15 is 0 Å². The first-order valence-corrected chi connectivity index (χ1v) is 4.75. The van der Waals surface area contributed by atoms with Crippen molar-refractivity contribution >= 4 is 33.7 Å². The third-order valence-electron chi connectivity index (χ3n) is 2.32. The smallest absolute Gasteiger partial charge is 0.224 e. The van der Waals surface area contributed by atoms with E-state index in [0.717, 1.165) is 19.3 Å². The lowest BCUT2D eigenvalue weighted by Gasteiger charge is -2.23. The van der Waals surface area contributed by atoms with Crippen molar-refractivity contribution < 1.29 is 9.59 Å². The average Bonchev–Trinajstić information content (AvgIpc) is 2.04. The molecule has 12 heavy (non-hydrogen) atoms. The van der Waals surface area contributed by atoms with Crippen molar-refractivity contribution in [2.45, 2.75) is 25.7 Å². The van der Waals surface area contributed by atoms with E-state index in [4.69, 9.17) is 23.2 Å². The maximum atomic E-state index is 10.8. The van der Waals surface area contributed by atoms with E-state index in [1.54, 1.807) is 0 Å². The molecule has 0 aromatic carbocycles. The Morgan fingerprint density at radius 2 is 1.42 bits per heavy atom. The maximum absolute atomic E-state index is 10.8. The van der Waals surface area contributed by atoms with Gasteiger partial charge in [0.2, 0.25) is 10.5 Å². The van der Waals surface area contributed by atoms with Crippen LogP contribution in [0.4, 0.5) is 0 Å². The first-order valence-electron chi connectivity index (χ1n) is 4.00. The van der Waals surface area contributed by atoms with Crippen molar-refractivity contribution in [2.75, 3.05) is 0 Å². The molecule has 0 unspecified atom stereocenters. The van der Waals surface area contributed by atoms with Crippen molar-refractivity contribution in [3.05, 3.63) is 0 Å². The van der Waals surface area contributed by atoms with Gasteiger partial charge in [-0.2, -0.15) is 0 Å². The number of halogens is 2. The van der Waals surface area contributed by atoms with Gasteiger partial charge in [0.1, 0.15) is 0 Å². The number of hydrogen-bond acceptors (Lipinski definition) is 2. The number of hydrogen-bond donors (Lipinski definition) is 0. The lowest BCUT2D eigenvalue weighted by atomic mass is 9.83. The van der Waals surface area contributed by atoms with Gasteiger partial charge in [0.15, 0.2) is 0 Å². The highest BCUT2D eigenvalue weighted by atomic mass is 35.5. The molecular weight excluding hydrogens is 199 g/mol. The Balaban J connectivity index is 2.51. The highest BCUT2D eigenvalue weighted by molar-refractivity contribution is 6.64. The SMILES string of the molecule is O=C(Cl)[C@@H]1CCC[C@H](C(=O)Cl)C1. The molecule has 0 aromatic heterocycles. The Labute approximate surface area is 81.2 Å². The Hall–Kier alpha value is -0.0800. The van der Waals surface area contributed by atoms with Gasteiger partial charge >= 0.3 is 0 Å². The van der Waals surface area contributed by atoms with Crippen LogP contribution in [0.2, 0.25) is 0 Å². The predicted octanol–water partition coefficient (Wildman–Crippen LogP) is 2.32. The van der Waals surface area contributed by atoms with Crippen LogP contribution in [-0.2, 0) is 9.59 Å². The second kappa shape index (κ2) is 4.24. The fourth-order valence-corrected chi connectivity index (χ4v) is 2.00. The van der Waals surface area contributed by atoms with Gasteiger partial charge in [-0.05, 0) is 42.5 Å². The molecule has 1 fully saturated rings. The van der Waals surface area contributed by atoms with Gasteiger partial charge in [-0.3, -0.25) is 9.59 Å². The highest BCUT2D eigenvalue weighted by Crippen LogP contribution is 2.31. The van der Waals surface area contributed by atoms with Crippen molar-refractivity contribution in [1.82, 2.24) is 0 Å². The molecule has 2 atom stereocenters. The molecule has 2 nitrogen and oxygen atoms in total. The van der Waals surface area contributed by atoms with Crippen LogP contribution >= 0.6 is 23.2 Å². The van der Waals surface area contributed by atoms with Crippen LogP contribution in [0.15, 0.2) is 0 Å². The van der Waals surface area contributed by atoms with Crippen molar-refractivity contribution in [1.29, 1.82) is 0 Å². The molecule has 1 rings (SSSR count). The molecular formula is C8H10Cl2O2. The Morgan fingerprint density at radius 1 is 1.00 bits per heavy atom. The fourth-order valence-electron chi connectivity index (χ4n) is 1.60. The van der Waals surface area contributed by atoms with E-state index < -0.39 is 0 Å². The molecule has 68 valence electrons. The number of rotatable bonds is 2. The van der Waals surface area contributed by atoms with Crippen LogP contribution in [-0.4, -0.2) is 10.5 Å². The second-order valence-electron chi connectivity index (χ2n) is 3.17. The largest absolute Gasteiger partial charge is 0.281 e. The van der Waals surface area contributed by atoms with Gasteiger partial charge in [-0.15, -0.1) is 0 Å². The zero-order chi connectivity index (χ0) is 9.14. The second-order valence-corrected chi connectivity index (χ2v) is 3.91. The van der Waals surface area contributed by atoms with Crippen molar-refractivity contribution in [3.63, 3.8) is 0 Å². The summed E-state index contributed by atoms with van der Waals surface area (Å²) in [6.45, 7) is 0. The van der Waals surface area contributed by atoms with Crippen LogP contribution in [0, 0.1) is 11.8 Å². The predicted molar refractivity (Wildman–Crippen MR) is 47.2 cm³/mol. The van der Waals surface area contributed by atoms with Gasteiger partial charge < -0.3 is 0 Å².